The first kappa shape index (κ1) is 14.6. The number of hydrogen-bond acceptors (Lipinski definition) is 4. The standard InChI is InChI=1S/C13H10Br2O3S/c1-17-8-3-2-4-9(5-8)18-7-11(16)10-6-12(14)19-13(10)15/h2-6H,7H2,1H3. The fraction of sp³-hybridized carbons (Fsp3) is 0.154. The van der Waals surface area contributed by atoms with Gasteiger partial charge in [0.05, 0.1) is 14.7 Å². The summed E-state index contributed by atoms with van der Waals surface area (Å²) in [6, 6.07) is 8.95. The van der Waals surface area contributed by atoms with E-state index >= 15 is 0 Å². The van der Waals surface area contributed by atoms with E-state index in [1.807, 2.05) is 12.1 Å². The van der Waals surface area contributed by atoms with Crippen molar-refractivity contribution in [2.45, 2.75) is 0 Å². The van der Waals surface area contributed by atoms with Gasteiger partial charge in [0, 0.05) is 11.6 Å². The SMILES string of the molecule is COc1cccc(OCC(=O)c2cc(Br)sc2Br)c1. The molecule has 2 rings (SSSR count). The first-order chi connectivity index (χ1) is 9.10. The number of rotatable bonds is 5. The Hall–Kier alpha value is -0.850. The Bertz CT molecular complexity index is 595. The third-order valence-electron chi connectivity index (χ3n) is 2.37. The number of methoxy groups -OCH3 is 1. The number of benzene rings is 1. The number of ketones is 1. The second-order valence-electron chi connectivity index (χ2n) is 3.63. The van der Waals surface area contributed by atoms with Crippen LogP contribution in [0, 0.1) is 0 Å². The van der Waals surface area contributed by atoms with E-state index in [0.29, 0.717) is 17.1 Å². The van der Waals surface area contributed by atoms with Crippen LogP contribution in [0.25, 0.3) is 0 Å². The molecule has 0 unspecified atom stereocenters. The normalized spacial score (nSPS) is 10.3. The molecule has 0 bridgehead atoms. The summed E-state index contributed by atoms with van der Waals surface area (Å²) in [4.78, 5) is 12.0. The number of hydrogen-bond donors (Lipinski definition) is 0. The molecule has 19 heavy (non-hydrogen) atoms. The van der Waals surface area contributed by atoms with Crippen LogP contribution in [0.3, 0.4) is 0 Å². The molecule has 2 aromatic rings. The first-order valence-electron chi connectivity index (χ1n) is 5.35. The minimum atomic E-state index is -0.0726. The maximum absolute atomic E-state index is 12.0. The van der Waals surface area contributed by atoms with Crippen molar-refractivity contribution in [2.24, 2.45) is 0 Å². The fourth-order valence-corrected chi connectivity index (χ4v) is 4.30. The van der Waals surface area contributed by atoms with E-state index in [-0.39, 0.29) is 12.4 Å². The Morgan fingerprint density at radius 2 is 2.00 bits per heavy atom. The predicted octanol–water partition coefficient (Wildman–Crippen LogP) is 4.54. The lowest BCUT2D eigenvalue weighted by atomic mass is 10.2. The molecule has 0 N–H and O–H groups in total. The van der Waals surface area contributed by atoms with Gasteiger partial charge < -0.3 is 9.47 Å². The Morgan fingerprint density at radius 1 is 1.26 bits per heavy atom. The molecule has 0 saturated heterocycles. The molecule has 0 aliphatic rings. The summed E-state index contributed by atoms with van der Waals surface area (Å²) in [5.41, 5.74) is 0.625. The van der Waals surface area contributed by atoms with Gasteiger partial charge in [-0.15, -0.1) is 11.3 Å². The van der Waals surface area contributed by atoms with Crippen LogP contribution in [0.15, 0.2) is 37.9 Å². The Kier molecular flexibility index (Phi) is 5.01. The molecule has 6 heteroatoms. The molecule has 1 heterocycles. The van der Waals surface area contributed by atoms with Crippen molar-refractivity contribution in [3.63, 3.8) is 0 Å². The van der Waals surface area contributed by atoms with E-state index < -0.39 is 0 Å². The highest BCUT2D eigenvalue weighted by molar-refractivity contribution is 9.12. The van der Waals surface area contributed by atoms with E-state index in [0.717, 1.165) is 7.57 Å². The van der Waals surface area contributed by atoms with Crippen molar-refractivity contribution >= 4 is 49.0 Å². The highest BCUT2D eigenvalue weighted by Crippen LogP contribution is 2.32. The number of carbonyl (C=O) groups is 1. The van der Waals surface area contributed by atoms with Crippen LogP contribution in [0.1, 0.15) is 10.4 Å². The molecule has 0 atom stereocenters. The highest BCUT2D eigenvalue weighted by Gasteiger charge is 2.14. The van der Waals surface area contributed by atoms with Crippen LogP contribution in [-0.4, -0.2) is 19.5 Å². The third-order valence-corrected chi connectivity index (χ3v) is 4.71. The zero-order valence-electron chi connectivity index (χ0n) is 9.98. The van der Waals surface area contributed by atoms with Crippen molar-refractivity contribution in [3.8, 4) is 11.5 Å². The summed E-state index contributed by atoms with van der Waals surface area (Å²) in [5.74, 6) is 1.24. The summed E-state index contributed by atoms with van der Waals surface area (Å²) in [6.45, 7) is -0.00502. The molecule has 0 radical (unpaired) electrons. The maximum Gasteiger partial charge on any atom is 0.202 e. The van der Waals surface area contributed by atoms with Gasteiger partial charge in [-0.05, 0) is 50.1 Å². The molecule has 1 aromatic carbocycles. The predicted molar refractivity (Wildman–Crippen MR) is 82.5 cm³/mol. The average molecular weight is 406 g/mol. The van der Waals surface area contributed by atoms with Crippen molar-refractivity contribution < 1.29 is 14.3 Å². The summed E-state index contributed by atoms with van der Waals surface area (Å²) in [7, 11) is 1.59. The largest absolute Gasteiger partial charge is 0.497 e. The number of carbonyl (C=O) groups excluding carboxylic acids is 1. The van der Waals surface area contributed by atoms with Crippen molar-refractivity contribution in [1.82, 2.24) is 0 Å². The Morgan fingerprint density at radius 3 is 2.63 bits per heavy atom. The quantitative estimate of drug-likeness (QED) is 0.685. The molecule has 100 valence electrons. The fourth-order valence-electron chi connectivity index (χ4n) is 1.45. The van der Waals surface area contributed by atoms with Gasteiger partial charge in [-0.2, -0.15) is 0 Å². The highest BCUT2D eigenvalue weighted by atomic mass is 79.9. The minimum absolute atomic E-state index is 0.00502. The second-order valence-corrected chi connectivity index (χ2v) is 7.38. The van der Waals surface area contributed by atoms with Crippen LogP contribution in [0.5, 0.6) is 11.5 Å². The number of thiophene rings is 1. The second kappa shape index (κ2) is 6.54. The third kappa shape index (κ3) is 3.81. The van der Waals surface area contributed by atoms with Crippen molar-refractivity contribution in [3.05, 3.63) is 43.5 Å². The van der Waals surface area contributed by atoms with Gasteiger partial charge in [0.1, 0.15) is 11.5 Å². The van der Waals surface area contributed by atoms with E-state index in [1.54, 1.807) is 25.3 Å². The Balaban J connectivity index is 2.02. The topological polar surface area (TPSA) is 35.5 Å². The number of Topliss-reactive ketones (excluding diaryl/α,β-unsaturated/α-hetero) is 1. The molecule has 0 aliphatic heterocycles. The van der Waals surface area contributed by atoms with Crippen LogP contribution in [0.2, 0.25) is 0 Å². The monoisotopic (exact) mass is 404 g/mol. The van der Waals surface area contributed by atoms with Crippen molar-refractivity contribution in [1.29, 1.82) is 0 Å². The molecule has 1 aromatic heterocycles. The molecule has 0 saturated carbocycles. The molecule has 0 spiro atoms. The molecule has 0 amide bonds. The lowest BCUT2D eigenvalue weighted by Gasteiger charge is -2.06. The van der Waals surface area contributed by atoms with Crippen LogP contribution >= 0.6 is 43.2 Å². The van der Waals surface area contributed by atoms with Gasteiger partial charge in [-0.25, -0.2) is 0 Å². The van der Waals surface area contributed by atoms with Gasteiger partial charge in [0.15, 0.2) is 6.61 Å². The van der Waals surface area contributed by atoms with E-state index in [9.17, 15) is 4.79 Å². The molecule has 0 fully saturated rings. The van der Waals surface area contributed by atoms with Crippen LogP contribution in [-0.2, 0) is 0 Å². The van der Waals surface area contributed by atoms with Gasteiger partial charge in [-0.1, -0.05) is 6.07 Å². The maximum atomic E-state index is 12.0. The lowest BCUT2D eigenvalue weighted by molar-refractivity contribution is 0.0921. The number of ether oxygens (including phenoxy) is 2. The van der Waals surface area contributed by atoms with Gasteiger partial charge in [0.25, 0.3) is 0 Å². The lowest BCUT2D eigenvalue weighted by Crippen LogP contribution is -2.11. The van der Waals surface area contributed by atoms with E-state index in [1.165, 1.54) is 11.3 Å². The van der Waals surface area contributed by atoms with E-state index in [4.69, 9.17) is 9.47 Å². The van der Waals surface area contributed by atoms with Crippen LogP contribution in [0.4, 0.5) is 0 Å². The molecule has 3 nitrogen and oxygen atoms in total. The molecular weight excluding hydrogens is 396 g/mol. The molecular formula is C13H10Br2O3S. The van der Waals surface area contributed by atoms with Crippen molar-refractivity contribution in [2.75, 3.05) is 13.7 Å². The van der Waals surface area contributed by atoms with Gasteiger partial charge >= 0.3 is 0 Å². The van der Waals surface area contributed by atoms with Gasteiger partial charge in [0.2, 0.25) is 5.78 Å². The summed E-state index contributed by atoms with van der Waals surface area (Å²) < 4.78 is 12.3. The van der Waals surface area contributed by atoms with Gasteiger partial charge in [-0.3, -0.25) is 4.79 Å². The summed E-state index contributed by atoms with van der Waals surface area (Å²) in [6.07, 6.45) is 0. The smallest absolute Gasteiger partial charge is 0.202 e. The first-order valence-corrected chi connectivity index (χ1v) is 7.75. The average Bonchev–Trinajstić information content (AvgIpc) is 2.75. The number of halogens is 2. The molecule has 0 aliphatic carbocycles. The summed E-state index contributed by atoms with van der Waals surface area (Å²) in [5, 5.41) is 0. The van der Waals surface area contributed by atoms with E-state index in [2.05, 4.69) is 31.9 Å². The minimum Gasteiger partial charge on any atom is -0.497 e. The zero-order chi connectivity index (χ0) is 13.8. The Labute approximate surface area is 131 Å². The zero-order valence-corrected chi connectivity index (χ0v) is 14.0. The summed E-state index contributed by atoms with van der Waals surface area (Å²) >= 11 is 8.17. The van der Waals surface area contributed by atoms with Crippen LogP contribution < -0.4 is 9.47 Å².